The van der Waals surface area contributed by atoms with Crippen LogP contribution < -0.4 is 4.31 Å². The lowest BCUT2D eigenvalue weighted by Gasteiger charge is -2.26. The van der Waals surface area contributed by atoms with Crippen molar-refractivity contribution < 1.29 is 18.7 Å². The van der Waals surface area contributed by atoms with E-state index in [1.54, 1.807) is 6.07 Å². The van der Waals surface area contributed by atoms with E-state index < -0.39 is 22.9 Å². The molecule has 1 heterocycles. The first-order valence-electron chi connectivity index (χ1n) is 4.93. The first-order chi connectivity index (χ1) is 9.43. The number of hydrogen-bond acceptors (Lipinski definition) is 5. The third-order valence-corrected chi connectivity index (χ3v) is 4.42. The number of halogens is 2. The minimum absolute atomic E-state index is 0.0177. The molecule has 0 spiro atoms. The van der Waals surface area contributed by atoms with Gasteiger partial charge in [-0.3, -0.25) is 8.51 Å². The topological polar surface area (TPSA) is 93.6 Å². The molecule has 10 heteroatoms. The van der Waals surface area contributed by atoms with Gasteiger partial charge in [0.1, 0.15) is 5.00 Å². The van der Waals surface area contributed by atoms with Gasteiger partial charge in [0.15, 0.2) is 5.69 Å². The lowest BCUT2D eigenvalue weighted by atomic mass is 10.3. The number of carboxylic acids is 1. The van der Waals surface area contributed by atoms with Gasteiger partial charge in [0.05, 0.1) is 32.5 Å². The van der Waals surface area contributed by atoms with Crippen molar-refractivity contribution in [2.24, 2.45) is 0 Å². The van der Waals surface area contributed by atoms with E-state index in [0.29, 0.717) is 4.31 Å². The lowest BCUT2D eigenvalue weighted by Crippen LogP contribution is -2.21. The number of carboxylic acid groups (broad SMARTS) is 1. The second kappa shape index (κ2) is 6.06. The van der Waals surface area contributed by atoms with Crippen LogP contribution >= 0.6 is 34.5 Å². The summed E-state index contributed by atoms with van der Waals surface area (Å²) in [6, 6.07) is 4.44. The van der Waals surface area contributed by atoms with Crippen LogP contribution in [0, 0.1) is 0 Å². The number of aromatic carboxylic acids is 1. The summed E-state index contributed by atoms with van der Waals surface area (Å²) >= 11 is 9.95. The fourth-order valence-corrected chi connectivity index (χ4v) is 3.70. The number of carbonyl (C=O) groups is 1. The summed E-state index contributed by atoms with van der Waals surface area (Å²) in [6.45, 7) is 0. The summed E-state index contributed by atoms with van der Waals surface area (Å²) in [5, 5.41) is 9.08. The maximum absolute atomic E-state index is 11.5. The van der Waals surface area contributed by atoms with Crippen LogP contribution in [0.15, 0.2) is 23.7 Å². The molecule has 1 unspecified atom stereocenters. The Morgan fingerprint density at radius 1 is 1.40 bits per heavy atom. The van der Waals surface area contributed by atoms with Crippen molar-refractivity contribution in [1.82, 2.24) is 4.98 Å². The molecule has 0 bridgehead atoms. The van der Waals surface area contributed by atoms with Crippen LogP contribution in [0.5, 0.6) is 0 Å². The summed E-state index contributed by atoms with van der Waals surface area (Å²) in [6.07, 6.45) is 0. The highest BCUT2D eigenvalue weighted by Crippen LogP contribution is 2.41. The number of nitrogens with zero attached hydrogens (tertiary/aromatic N) is 2. The Kier molecular flexibility index (Phi) is 4.61. The zero-order valence-electron chi connectivity index (χ0n) is 9.45. The van der Waals surface area contributed by atoms with Gasteiger partial charge in [-0.1, -0.05) is 29.3 Å². The number of thiazole rings is 1. The van der Waals surface area contributed by atoms with Gasteiger partial charge in [-0.25, -0.2) is 9.78 Å². The molecule has 0 fully saturated rings. The average Bonchev–Trinajstić information content (AvgIpc) is 2.82. The summed E-state index contributed by atoms with van der Waals surface area (Å²) in [7, 11) is 0. The van der Waals surface area contributed by atoms with Crippen LogP contribution in [0.2, 0.25) is 10.0 Å². The van der Waals surface area contributed by atoms with Gasteiger partial charge in [0.2, 0.25) is 0 Å². The molecule has 20 heavy (non-hydrogen) atoms. The fraction of sp³-hybridized carbons (Fsp3) is 0. The molecular weight excluding hydrogens is 347 g/mol. The van der Waals surface area contributed by atoms with E-state index in [4.69, 9.17) is 28.3 Å². The fourth-order valence-electron chi connectivity index (χ4n) is 1.46. The van der Waals surface area contributed by atoms with Crippen LogP contribution in [0.3, 0.4) is 0 Å². The molecule has 0 radical (unpaired) electrons. The van der Waals surface area contributed by atoms with Gasteiger partial charge in [-0.15, -0.1) is 11.3 Å². The smallest absolute Gasteiger partial charge is 0.357 e. The van der Waals surface area contributed by atoms with Crippen LogP contribution in [0.25, 0.3) is 0 Å². The summed E-state index contributed by atoms with van der Waals surface area (Å²) in [4.78, 5) is 14.7. The summed E-state index contributed by atoms with van der Waals surface area (Å²) in [5.41, 5.74) is 0.815. The number of para-hydroxylation sites is 1. The summed E-state index contributed by atoms with van der Waals surface area (Å²) in [5.74, 6) is -1.35. The van der Waals surface area contributed by atoms with Crippen molar-refractivity contribution in [2.45, 2.75) is 0 Å². The highest BCUT2D eigenvalue weighted by atomic mass is 35.5. The molecule has 2 aromatic rings. The molecule has 1 aromatic heterocycles. The number of hydrogen-bond donors (Lipinski definition) is 1. The molecule has 0 aliphatic carbocycles. The zero-order valence-corrected chi connectivity index (χ0v) is 12.6. The second-order valence-electron chi connectivity index (χ2n) is 3.39. The summed E-state index contributed by atoms with van der Waals surface area (Å²) < 4.78 is 23.7. The normalized spacial score (nSPS) is 12.2. The highest BCUT2D eigenvalue weighted by Gasteiger charge is 2.25. The number of rotatable bonds is 4. The van der Waals surface area contributed by atoms with Crippen LogP contribution in [0.1, 0.15) is 10.5 Å². The van der Waals surface area contributed by atoms with Gasteiger partial charge < -0.3 is 9.66 Å². The lowest BCUT2D eigenvalue weighted by molar-refractivity contribution is 0.0692. The number of benzene rings is 1. The Labute approximate surface area is 130 Å². The Morgan fingerprint density at radius 3 is 2.50 bits per heavy atom. The van der Waals surface area contributed by atoms with Gasteiger partial charge in [-0.2, -0.15) is 0 Å². The molecule has 106 valence electrons. The van der Waals surface area contributed by atoms with E-state index in [2.05, 4.69) is 4.98 Å². The van der Waals surface area contributed by atoms with E-state index >= 15 is 0 Å². The van der Waals surface area contributed by atoms with Crippen molar-refractivity contribution in [3.05, 3.63) is 39.4 Å². The van der Waals surface area contributed by atoms with E-state index in [-0.39, 0.29) is 20.7 Å². The first kappa shape index (κ1) is 15.2. The molecule has 1 atom stereocenters. The third kappa shape index (κ3) is 2.79. The van der Waals surface area contributed by atoms with Crippen LogP contribution in [-0.4, -0.2) is 24.8 Å². The SMILES string of the molecule is O=C(O)c1ncsc1N(c1c(Cl)cccc1Cl)S(=O)[O-]. The predicted octanol–water partition coefficient (Wildman–Crippen LogP) is 3.08. The largest absolute Gasteiger partial charge is 0.755 e. The van der Waals surface area contributed by atoms with Crippen molar-refractivity contribution in [1.29, 1.82) is 0 Å². The monoisotopic (exact) mass is 351 g/mol. The molecule has 0 aliphatic heterocycles. The number of anilines is 2. The molecule has 1 aromatic carbocycles. The predicted molar refractivity (Wildman–Crippen MR) is 76.6 cm³/mol. The van der Waals surface area contributed by atoms with E-state index in [1.165, 1.54) is 17.6 Å². The maximum Gasteiger partial charge on any atom is 0.357 e. The van der Waals surface area contributed by atoms with Gasteiger partial charge in [0.25, 0.3) is 0 Å². The molecular formula is C10H5Cl2N2O4S2-. The van der Waals surface area contributed by atoms with Gasteiger partial charge in [0, 0.05) is 0 Å². The standard InChI is InChI=1S/C10H6Cl2N2O4S2/c11-5-2-1-3-6(12)8(5)14(20(17)18)9-7(10(15)16)13-4-19-9/h1-4H,(H,15,16)(H,17,18)/p-1. The van der Waals surface area contributed by atoms with Gasteiger partial charge in [-0.05, 0) is 12.1 Å². The first-order valence-corrected chi connectivity index (χ1v) is 7.60. The maximum atomic E-state index is 11.5. The molecule has 0 saturated heterocycles. The number of aromatic nitrogens is 1. The molecule has 2 rings (SSSR count). The van der Waals surface area contributed by atoms with Crippen molar-refractivity contribution >= 4 is 62.5 Å². The average molecular weight is 352 g/mol. The third-order valence-electron chi connectivity index (χ3n) is 2.23. The van der Waals surface area contributed by atoms with E-state index in [1.807, 2.05) is 0 Å². The van der Waals surface area contributed by atoms with E-state index in [0.717, 1.165) is 11.3 Å². The molecule has 1 N–H and O–H groups in total. The molecule has 0 saturated carbocycles. The quantitative estimate of drug-likeness (QED) is 0.854. The zero-order chi connectivity index (χ0) is 14.9. The van der Waals surface area contributed by atoms with E-state index in [9.17, 15) is 13.6 Å². The highest BCUT2D eigenvalue weighted by molar-refractivity contribution is 7.81. The Hall–Kier alpha value is -1.19. The molecule has 0 aliphatic rings. The van der Waals surface area contributed by atoms with Crippen molar-refractivity contribution in [2.75, 3.05) is 4.31 Å². The second-order valence-corrected chi connectivity index (χ2v) is 5.84. The Bertz CT molecular complexity index is 671. The van der Waals surface area contributed by atoms with Crippen molar-refractivity contribution in [3.8, 4) is 0 Å². The minimum atomic E-state index is -2.81. The van der Waals surface area contributed by atoms with Gasteiger partial charge >= 0.3 is 5.97 Å². The van der Waals surface area contributed by atoms with Crippen molar-refractivity contribution in [3.63, 3.8) is 0 Å². The van der Waals surface area contributed by atoms with Crippen LogP contribution in [-0.2, 0) is 11.3 Å². The minimum Gasteiger partial charge on any atom is -0.755 e. The van der Waals surface area contributed by atoms with Crippen LogP contribution in [0.4, 0.5) is 10.7 Å². The Morgan fingerprint density at radius 2 is 2.00 bits per heavy atom. The Balaban J connectivity index is 2.67. The molecule has 0 amide bonds. The molecule has 6 nitrogen and oxygen atoms in total.